The molecule has 0 heterocycles. The van der Waals surface area contributed by atoms with E-state index in [0.29, 0.717) is 14.7 Å². The monoisotopic (exact) mass is 1250 g/mol. The van der Waals surface area contributed by atoms with Crippen LogP contribution in [0.15, 0.2) is 260 Å². The molecule has 0 atom stereocenters. The Labute approximate surface area is 495 Å². The molecule has 422 valence electrons. The molecule has 0 saturated heterocycles. The van der Waals surface area contributed by atoms with Crippen LogP contribution in [-0.4, -0.2) is 53.8 Å². The number of hydrogen-bond donors (Lipinski definition) is 0. The van der Waals surface area contributed by atoms with Crippen LogP contribution < -0.4 is 0 Å². The molecule has 0 unspecified atom stereocenters. The third kappa shape index (κ3) is 19.1. The highest BCUT2D eigenvalue weighted by Gasteiger charge is 2.24. The molecule has 0 aromatic heterocycles. The summed E-state index contributed by atoms with van der Waals surface area (Å²) in [5, 5.41) is 0. The van der Waals surface area contributed by atoms with E-state index >= 15 is 0 Å². The van der Waals surface area contributed by atoms with E-state index in [-0.39, 0.29) is 44.9 Å². The Morgan fingerprint density at radius 1 is 0.354 bits per heavy atom. The summed E-state index contributed by atoms with van der Waals surface area (Å²) >= 11 is 9.41. The molecule has 10 nitrogen and oxygen atoms in total. The zero-order valence-corrected chi connectivity index (χ0v) is 49.2. The van der Waals surface area contributed by atoms with Gasteiger partial charge in [-0.25, -0.2) is 33.7 Å². The van der Waals surface area contributed by atoms with E-state index in [1.54, 1.807) is 83.4 Å². The molecule has 0 saturated carbocycles. The summed E-state index contributed by atoms with van der Waals surface area (Å²) in [6.45, 7) is 9.95. The lowest BCUT2D eigenvalue weighted by atomic mass is 10.2. The summed E-state index contributed by atoms with van der Waals surface area (Å²) in [4.78, 5) is 7.68. The molecule has 0 radical (unpaired) electrons. The Bertz CT molecular complexity index is 3760. The zero-order valence-electron chi connectivity index (χ0n) is 41.0. The van der Waals surface area contributed by atoms with Crippen LogP contribution in [-0.2, 0) is 39.9 Å². The minimum atomic E-state index is -5.10. The highest BCUT2D eigenvalue weighted by molar-refractivity contribution is 8.01. The fourth-order valence-electron chi connectivity index (χ4n) is 6.89. The van der Waals surface area contributed by atoms with E-state index in [1.807, 2.05) is 85.6 Å². The summed E-state index contributed by atoms with van der Waals surface area (Å²) in [7, 11) is -18.0. The smallest absolute Gasteiger partial charge is 0.206 e. The van der Waals surface area contributed by atoms with Crippen LogP contribution in [0.2, 0.25) is 0 Å². The lowest BCUT2D eigenvalue weighted by molar-refractivity contribution is 0.459. The highest BCUT2D eigenvalue weighted by Crippen LogP contribution is 2.39. The van der Waals surface area contributed by atoms with Gasteiger partial charge in [0.1, 0.15) is 20.2 Å². The van der Waals surface area contributed by atoms with Gasteiger partial charge in [-0.05, 0) is 189 Å². The molecule has 0 amide bonds. The number of rotatable bonds is 16. The Balaban J connectivity index is 0.000000398. The largest absolute Gasteiger partial charge is 0.744 e. The van der Waals surface area contributed by atoms with Gasteiger partial charge in [0.2, 0.25) is 19.7 Å². The molecule has 0 bridgehead atoms. The fourth-order valence-corrected chi connectivity index (χ4v) is 16.0. The molecule has 0 aliphatic heterocycles. The van der Waals surface area contributed by atoms with Crippen LogP contribution in [0.4, 0.5) is 0 Å². The van der Waals surface area contributed by atoms with E-state index in [4.69, 9.17) is 0 Å². The fraction of sp³-hybridized carbons (Fsp3) is 0.186. The second-order valence-electron chi connectivity index (χ2n) is 17.4. The molecular weight excluding hydrogens is 1190 g/mol. The van der Waals surface area contributed by atoms with Gasteiger partial charge in [-0.2, -0.15) is 0 Å². The van der Waals surface area contributed by atoms with Gasteiger partial charge in [-0.15, -0.1) is 23.5 Å². The number of benzene rings is 8. The first-order valence-electron chi connectivity index (χ1n) is 22.4. The molecule has 0 spiro atoms. The molecule has 79 heavy (non-hydrogen) atoms. The number of thioether (sulfide) groups is 2. The van der Waals surface area contributed by atoms with Crippen molar-refractivity contribution in [3.05, 3.63) is 193 Å². The van der Waals surface area contributed by atoms with Crippen molar-refractivity contribution in [1.82, 2.24) is 0 Å². The van der Waals surface area contributed by atoms with Crippen molar-refractivity contribution < 1.29 is 42.8 Å². The molecule has 8 rings (SSSR count). The van der Waals surface area contributed by atoms with Gasteiger partial charge in [0.05, 0.1) is 29.4 Å². The summed E-state index contributed by atoms with van der Waals surface area (Å²) in [6, 6.07) is 52.6. The van der Waals surface area contributed by atoms with Crippen LogP contribution in [0.5, 0.6) is 0 Å². The molecule has 8 aromatic carbocycles. The normalized spacial score (nSPS) is 11.6. The van der Waals surface area contributed by atoms with Gasteiger partial charge in [-0.3, -0.25) is 0 Å². The van der Waals surface area contributed by atoms with Crippen molar-refractivity contribution in [2.24, 2.45) is 0 Å². The van der Waals surface area contributed by atoms with Gasteiger partial charge in [0.25, 0.3) is 0 Å². The van der Waals surface area contributed by atoms with Crippen molar-refractivity contribution in [3.63, 3.8) is 0 Å². The second-order valence-corrected chi connectivity index (χ2v) is 31.4. The lowest BCUT2D eigenvalue weighted by Crippen LogP contribution is -2.08. The summed E-state index contributed by atoms with van der Waals surface area (Å²) in [5.74, 6) is 0. The standard InChI is InChI=1S/C29H28O2S4.C26H22O8S6.4CH4/c1-21-5-17-27(18-6-21)35(30,31)28-19-15-25(16-20-28)33-23-9-7-22(8-10-23)32-24-11-13-26(14-12-24)34-29(2,3)4;1-17-3-12-22(15-25(17)39(29,30)31)38(27,28)23-13-14-24(26(16-23)40(32,33)34)37-21-10-8-20(9-11-21)36-19-6-4-18(35-2)5-7-19;;;;/h5-20H,1-4H3;3-16H,1-2H3,(H,29,30,31)(H,32,33,34);4*1H4/p-2. The first-order chi connectivity index (χ1) is 35.3. The zero-order chi connectivity index (χ0) is 54.3. The highest BCUT2D eigenvalue weighted by atomic mass is 32.2. The van der Waals surface area contributed by atoms with Crippen molar-refractivity contribution in [2.45, 2.75) is 147 Å². The summed E-state index contributed by atoms with van der Waals surface area (Å²) in [5.41, 5.74) is 1.09. The third-order valence-electron chi connectivity index (χ3n) is 10.6. The average Bonchev–Trinajstić information content (AvgIpc) is 3.35. The average molecular weight is 1250 g/mol. The Morgan fingerprint density at radius 3 is 1.01 bits per heavy atom. The molecule has 0 aliphatic carbocycles. The van der Waals surface area contributed by atoms with Crippen LogP contribution >= 0.6 is 70.6 Å². The van der Waals surface area contributed by atoms with Crippen molar-refractivity contribution in [3.8, 4) is 0 Å². The molecule has 0 N–H and O–H groups in total. The van der Waals surface area contributed by atoms with E-state index in [9.17, 15) is 42.8 Å². The Morgan fingerprint density at radius 2 is 0.646 bits per heavy atom. The van der Waals surface area contributed by atoms with Crippen LogP contribution in [0, 0.1) is 13.8 Å². The molecule has 8 aromatic rings. The molecule has 20 heteroatoms. The van der Waals surface area contributed by atoms with Crippen LogP contribution in [0.25, 0.3) is 0 Å². The van der Waals surface area contributed by atoms with Crippen molar-refractivity contribution >= 4 is 110 Å². The summed E-state index contributed by atoms with van der Waals surface area (Å²) in [6.07, 6.45) is 2.00. The second kappa shape index (κ2) is 29.0. The van der Waals surface area contributed by atoms with E-state index in [0.717, 1.165) is 72.1 Å². The Kier molecular flexibility index (Phi) is 25.3. The van der Waals surface area contributed by atoms with Gasteiger partial charge in [0, 0.05) is 53.7 Å². The summed E-state index contributed by atoms with van der Waals surface area (Å²) < 4.78 is 123. The van der Waals surface area contributed by atoms with E-state index in [2.05, 4.69) is 69.3 Å². The molecule has 0 aliphatic rings. The van der Waals surface area contributed by atoms with Crippen molar-refractivity contribution in [1.29, 1.82) is 0 Å². The minimum absolute atomic E-state index is 0. The minimum Gasteiger partial charge on any atom is -0.744 e. The predicted octanol–water partition coefficient (Wildman–Crippen LogP) is 17.2. The van der Waals surface area contributed by atoms with Gasteiger partial charge in [0.15, 0.2) is 0 Å². The van der Waals surface area contributed by atoms with Gasteiger partial charge in [-0.1, -0.05) is 121 Å². The quantitative estimate of drug-likeness (QED) is 0.0657. The van der Waals surface area contributed by atoms with E-state index < -0.39 is 59.5 Å². The lowest BCUT2D eigenvalue weighted by Gasteiger charge is -2.17. The van der Waals surface area contributed by atoms with Crippen molar-refractivity contribution in [2.75, 3.05) is 6.26 Å². The first kappa shape index (κ1) is 68.9. The maximum Gasteiger partial charge on any atom is 0.206 e. The first-order valence-corrected chi connectivity index (χ1v) is 33.5. The molecule has 0 fully saturated rings. The maximum atomic E-state index is 13.2. The van der Waals surface area contributed by atoms with Gasteiger partial charge < -0.3 is 9.11 Å². The maximum absolute atomic E-state index is 13.2. The van der Waals surface area contributed by atoms with Gasteiger partial charge >= 0.3 is 0 Å². The van der Waals surface area contributed by atoms with E-state index in [1.165, 1.54) is 27.7 Å². The molecular formula is C59H64O10S10-2. The Hall–Kier alpha value is -4.42. The number of hydrogen-bond acceptors (Lipinski definition) is 16. The van der Waals surface area contributed by atoms with Crippen LogP contribution in [0.3, 0.4) is 0 Å². The van der Waals surface area contributed by atoms with Crippen LogP contribution in [0.1, 0.15) is 61.6 Å². The predicted molar refractivity (Wildman–Crippen MR) is 329 cm³/mol. The number of sulfone groups is 2. The number of aryl methyl sites for hydroxylation is 2. The third-order valence-corrected chi connectivity index (χ3v) is 22.1. The topological polar surface area (TPSA) is 183 Å². The SMILES string of the molecule is C.C.C.C.CSc1ccc(Sc2ccc(Sc3ccc(S(=O)(=O)c4ccc(C)c(S(=O)(=O)[O-])c4)cc3S(=O)(=O)[O-])cc2)cc1.Cc1ccc(S(=O)(=O)c2ccc(Sc3ccc(Sc4ccc(SC(C)(C)C)cc4)cc3)cc2)cc1.